The lowest BCUT2D eigenvalue weighted by atomic mass is 10.5. The number of ether oxygens (including phenoxy) is 1. The second-order valence-electron chi connectivity index (χ2n) is 2.13. The van der Waals surface area contributed by atoms with Crippen LogP contribution in [0, 0.1) is 0 Å². The van der Waals surface area contributed by atoms with Crippen molar-refractivity contribution in [2.45, 2.75) is 0 Å². The number of nitrogens with two attached hydrogens (primary N) is 1. The van der Waals surface area contributed by atoms with Gasteiger partial charge < -0.3 is 10.5 Å². The van der Waals surface area contributed by atoms with Crippen molar-refractivity contribution in [1.82, 2.24) is 4.98 Å². The number of rotatable bonds is 4. The first-order valence-corrected chi connectivity index (χ1v) is 4.40. The van der Waals surface area contributed by atoms with E-state index in [0.717, 1.165) is 4.88 Å². The first kappa shape index (κ1) is 9.15. The zero-order chi connectivity index (χ0) is 8.81. The molecular weight excluding hydrogens is 174 g/mol. The molecule has 5 heteroatoms. The Balaban J connectivity index is 2.47. The van der Waals surface area contributed by atoms with Gasteiger partial charge in [0.05, 0.1) is 23.5 Å². The van der Waals surface area contributed by atoms with Gasteiger partial charge in [-0.1, -0.05) is 0 Å². The SMILES string of the molecule is COCCN=C(N)c1cncs1. The molecule has 0 atom stereocenters. The van der Waals surface area contributed by atoms with Crippen LogP contribution in [0.25, 0.3) is 0 Å². The number of amidine groups is 1. The Bertz CT molecular complexity index is 245. The van der Waals surface area contributed by atoms with Gasteiger partial charge in [-0.2, -0.15) is 0 Å². The molecule has 12 heavy (non-hydrogen) atoms. The Kier molecular flexibility index (Phi) is 3.69. The monoisotopic (exact) mass is 185 g/mol. The van der Waals surface area contributed by atoms with Crippen LogP contribution in [0.15, 0.2) is 16.7 Å². The molecule has 0 bridgehead atoms. The van der Waals surface area contributed by atoms with Crippen molar-refractivity contribution < 1.29 is 4.74 Å². The fourth-order valence-corrected chi connectivity index (χ4v) is 1.22. The molecular formula is C7H11N3OS. The minimum Gasteiger partial charge on any atom is -0.383 e. The van der Waals surface area contributed by atoms with Gasteiger partial charge in [-0.3, -0.25) is 9.98 Å². The predicted molar refractivity (Wildman–Crippen MR) is 49.6 cm³/mol. The van der Waals surface area contributed by atoms with Crippen LogP contribution >= 0.6 is 11.3 Å². The van der Waals surface area contributed by atoms with Gasteiger partial charge in [0.1, 0.15) is 5.84 Å². The van der Waals surface area contributed by atoms with Crippen molar-refractivity contribution in [1.29, 1.82) is 0 Å². The van der Waals surface area contributed by atoms with Crippen LogP contribution in [0.3, 0.4) is 0 Å². The van der Waals surface area contributed by atoms with Crippen molar-refractivity contribution in [3.63, 3.8) is 0 Å². The minimum absolute atomic E-state index is 0.537. The number of thiazole rings is 1. The van der Waals surface area contributed by atoms with Crippen molar-refractivity contribution in [3.05, 3.63) is 16.6 Å². The molecule has 0 unspecified atom stereocenters. The normalized spacial score (nSPS) is 11.9. The Morgan fingerprint density at radius 2 is 2.67 bits per heavy atom. The van der Waals surface area contributed by atoms with Gasteiger partial charge in [0.2, 0.25) is 0 Å². The number of hydrogen-bond acceptors (Lipinski definition) is 4. The molecule has 0 fully saturated rings. The van der Waals surface area contributed by atoms with Crippen LogP contribution in [0.4, 0.5) is 0 Å². The van der Waals surface area contributed by atoms with Gasteiger partial charge in [0.25, 0.3) is 0 Å². The van der Waals surface area contributed by atoms with E-state index in [1.54, 1.807) is 18.8 Å². The molecule has 4 nitrogen and oxygen atoms in total. The number of hydrogen-bond donors (Lipinski definition) is 1. The van der Waals surface area contributed by atoms with E-state index < -0.39 is 0 Å². The van der Waals surface area contributed by atoms with Gasteiger partial charge in [0.15, 0.2) is 0 Å². The zero-order valence-corrected chi connectivity index (χ0v) is 7.67. The fourth-order valence-electron chi connectivity index (χ4n) is 0.678. The topological polar surface area (TPSA) is 60.5 Å². The highest BCUT2D eigenvalue weighted by molar-refractivity contribution is 7.11. The average molecular weight is 185 g/mol. The van der Waals surface area contributed by atoms with Crippen LogP contribution < -0.4 is 5.73 Å². The molecule has 0 aromatic carbocycles. The third-order valence-corrected chi connectivity index (χ3v) is 2.06. The molecule has 0 radical (unpaired) electrons. The van der Waals surface area contributed by atoms with Gasteiger partial charge in [-0.15, -0.1) is 11.3 Å². The second kappa shape index (κ2) is 4.84. The van der Waals surface area contributed by atoms with Crippen LogP contribution in [0.1, 0.15) is 4.88 Å². The fraction of sp³-hybridized carbons (Fsp3) is 0.429. The summed E-state index contributed by atoms with van der Waals surface area (Å²) in [5.41, 5.74) is 7.38. The predicted octanol–water partition coefficient (Wildman–Crippen LogP) is 0.495. The molecule has 0 spiro atoms. The van der Waals surface area contributed by atoms with Crippen LogP contribution in [0.5, 0.6) is 0 Å². The van der Waals surface area contributed by atoms with Gasteiger partial charge in [-0.05, 0) is 0 Å². The van der Waals surface area contributed by atoms with Crippen molar-refractivity contribution >= 4 is 17.2 Å². The van der Waals surface area contributed by atoms with Gasteiger partial charge in [0, 0.05) is 13.3 Å². The highest BCUT2D eigenvalue weighted by Crippen LogP contribution is 2.03. The molecule has 1 aromatic rings. The van der Waals surface area contributed by atoms with E-state index in [4.69, 9.17) is 10.5 Å². The minimum atomic E-state index is 0.537. The molecule has 66 valence electrons. The van der Waals surface area contributed by atoms with Crippen LogP contribution in [-0.2, 0) is 4.74 Å². The number of methoxy groups -OCH3 is 1. The maximum absolute atomic E-state index is 5.65. The van der Waals surface area contributed by atoms with E-state index in [9.17, 15) is 0 Å². The summed E-state index contributed by atoms with van der Waals surface area (Å²) in [7, 11) is 1.64. The summed E-state index contributed by atoms with van der Waals surface area (Å²) in [5.74, 6) is 0.537. The lowest BCUT2D eigenvalue weighted by Gasteiger charge is -1.95. The summed E-state index contributed by atoms with van der Waals surface area (Å²) in [6, 6.07) is 0. The lowest BCUT2D eigenvalue weighted by Crippen LogP contribution is -2.13. The molecule has 1 rings (SSSR count). The molecule has 0 saturated carbocycles. The standard InChI is InChI=1S/C7H11N3OS/c1-11-3-2-10-7(8)6-4-9-5-12-6/h4-5H,2-3H2,1H3,(H2,8,10). The third kappa shape index (κ3) is 2.60. The summed E-state index contributed by atoms with van der Waals surface area (Å²) in [6.45, 7) is 1.19. The Hall–Kier alpha value is -0.940. The summed E-state index contributed by atoms with van der Waals surface area (Å²) in [5, 5.41) is 0. The highest BCUT2D eigenvalue weighted by Gasteiger charge is 1.97. The number of aromatic nitrogens is 1. The maximum Gasteiger partial charge on any atom is 0.137 e. The van der Waals surface area contributed by atoms with Gasteiger partial charge >= 0.3 is 0 Å². The Morgan fingerprint density at radius 1 is 1.83 bits per heavy atom. The summed E-state index contributed by atoms with van der Waals surface area (Å²) < 4.78 is 4.83. The van der Waals surface area contributed by atoms with Crippen molar-refractivity contribution in [2.75, 3.05) is 20.3 Å². The average Bonchev–Trinajstić information content (AvgIpc) is 2.56. The van der Waals surface area contributed by atoms with Gasteiger partial charge in [-0.25, -0.2) is 0 Å². The molecule has 0 aliphatic rings. The van der Waals surface area contributed by atoms with Crippen molar-refractivity contribution in [3.8, 4) is 0 Å². The molecule has 0 amide bonds. The Morgan fingerprint density at radius 3 is 3.25 bits per heavy atom. The molecule has 2 N–H and O–H groups in total. The molecule has 0 saturated heterocycles. The molecule has 0 aliphatic carbocycles. The Labute approximate surface area is 75.1 Å². The first-order valence-electron chi connectivity index (χ1n) is 3.52. The quantitative estimate of drug-likeness (QED) is 0.422. The van der Waals surface area contributed by atoms with Crippen LogP contribution in [-0.4, -0.2) is 31.1 Å². The molecule has 1 heterocycles. The lowest BCUT2D eigenvalue weighted by molar-refractivity contribution is 0.208. The number of aliphatic imine (C=N–C) groups is 1. The van der Waals surface area contributed by atoms with E-state index in [0.29, 0.717) is 19.0 Å². The molecule has 0 aliphatic heterocycles. The van der Waals surface area contributed by atoms with E-state index in [1.165, 1.54) is 11.3 Å². The molecule has 1 aromatic heterocycles. The summed E-state index contributed by atoms with van der Waals surface area (Å²) >= 11 is 1.48. The smallest absolute Gasteiger partial charge is 0.137 e. The summed E-state index contributed by atoms with van der Waals surface area (Å²) in [4.78, 5) is 8.90. The second-order valence-corrected chi connectivity index (χ2v) is 3.01. The van der Waals surface area contributed by atoms with E-state index in [-0.39, 0.29) is 0 Å². The summed E-state index contributed by atoms with van der Waals surface area (Å²) in [6.07, 6.45) is 1.70. The zero-order valence-electron chi connectivity index (χ0n) is 6.86. The van der Waals surface area contributed by atoms with Crippen molar-refractivity contribution in [2.24, 2.45) is 10.7 Å². The van der Waals surface area contributed by atoms with E-state index in [2.05, 4.69) is 9.98 Å². The third-order valence-electron chi connectivity index (χ3n) is 1.26. The van der Waals surface area contributed by atoms with E-state index in [1.807, 2.05) is 0 Å². The highest BCUT2D eigenvalue weighted by atomic mass is 32.1. The largest absolute Gasteiger partial charge is 0.383 e. The van der Waals surface area contributed by atoms with E-state index >= 15 is 0 Å². The first-order chi connectivity index (χ1) is 5.84. The van der Waals surface area contributed by atoms with Crippen LogP contribution in [0.2, 0.25) is 0 Å². The maximum atomic E-state index is 5.65. The number of nitrogens with zero attached hydrogens (tertiary/aromatic N) is 2.